The van der Waals surface area contributed by atoms with Crippen LogP contribution >= 0.6 is 0 Å². The van der Waals surface area contributed by atoms with E-state index in [0.29, 0.717) is 18.4 Å². The van der Waals surface area contributed by atoms with E-state index >= 15 is 0 Å². The lowest BCUT2D eigenvalue weighted by atomic mass is 10.0. The average Bonchev–Trinajstić information content (AvgIpc) is 2.86. The van der Waals surface area contributed by atoms with Gasteiger partial charge in [-0.15, -0.1) is 10.2 Å². The Morgan fingerprint density at radius 3 is 2.67 bits per heavy atom. The summed E-state index contributed by atoms with van der Waals surface area (Å²) in [6.07, 6.45) is 2.56. The van der Waals surface area contributed by atoms with Crippen molar-refractivity contribution in [3.63, 3.8) is 0 Å². The SMILES string of the molecule is Cc1ccc(C)c(Cc2nnc(CCCNC(C)C)o2)c1. The molecule has 0 amide bonds. The fraction of sp³-hybridized carbons (Fsp3) is 0.529. The van der Waals surface area contributed by atoms with Gasteiger partial charge in [-0.1, -0.05) is 37.6 Å². The Morgan fingerprint density at radius 2 is 1.90 bits per heavy atom. The van der Waals surface area contributed by atoms with Crippen LogP contribution in [0.2, 0.25) is 0 Å². The van der Waals surface area contributed by atoms with Crippen LogP contribution in [0.4, 0.5) is 0 Å². The highest BCUT2D eigenvalue weighted by molar-refractivity contribution is 5.32. The molecule has 1 aromatic carbocycles. The van der Waals surface area contributed by atoms with Gasteiger partial charge in [0.15, 0.2) is 0 Å². The number of nitrogens with one attached hydrogen (secondary N) is 1. The first-order valence-corrected chi connectivity index (χ1v) is 7.65. The van der Waals surface area contributed by atoms with Gasteiger partial charge in [-0.25, -0.2) is 0 Å². The van der Waals surface area contributed by atoms with Gasteiger partial charge in [-0.2, -0.15) is 0 Å². The Morgan fingerprint density at radius 1 is 1.14 bits per heavy atom. The Hall–Kier alpha value is -1.68. The van der Waals surface area contributed by atoms with E-state index in [2.05, 4.69) is 61.4 Å². The third kappa shape index (κ3) is 4.97. The van der Waals surface area contributed by atoms with E-state index in [1.54, 1.807) is 0 Å². The molecule has 0 spiro atoms. The van der Waals surface area contributed by atoms with Crippen LogP contribution in [0.15, 0.2) is 22.6 Å². The summed E-state index contributed by atoms with van der Waals surface area (Å²) in [5.74, 6) is 1.44. The molecule has 0 bridgehead atoms. The quantitative estimate of drug-likeness (QED) is 0.794. The van der Waals surface area contributed by atoms with E-state index in [1.165, 1.54) is 16.7 Å². The third-order valence-electron chi connectivity index (χ3n) is 3.48. The first kappa shape index (κ1) is 15.7. The number of nitrogens with zero attached hydrogens (tertiary/aromatic N) is 2. The monoisotopic (exact) mass is 287 g/mol. The van der Waals surface area contributed by atoms with Gasteiger partial charge < -0.3 is 9.73 Å². The molecule has 114 valence electrons. The van der Waals surface area contributed by atoms with Crippen molar-refractivity contribution in [1.29, 1.82) is 0 Å². The zero-order chi connectivity index (χ0) is 15.2. The molecule has 0 fully saturated rings. The molecule has 0 saturated carbocycles. The maximum atomic E-state index is 5.74. The van der Waals surface area contributed by atoms with Crippen LogP contribution in [0.1, 0.15) is 48.7 Å². The molecule has 0 atom stereocenters. The molecule has 4 heteroatoms. The average molecular weight is 287 g/mol. The second-order valence-electron chi connectivity index (χ2n) is 5.91. The van der Waals surface area contributed by atoms with Crippen LogP contribution in [-0.4, -0.2) is 22.8 Å². The number of hydrogen-bond donors (Lipinski definition) is 1. The van der Waals surface area contributed by atoms with Crippen molar-refractivity contribution in [3.8, 4) is 0 Å². The van der Waals surface area contributed by atoms with Crippen molar-refractivity contribution in [2.45, 2.75) is 53.0 Å². The highest BCUT2D eigenvalue weighted by Gasteiger charge is 2.08. The predicted molar refractivity (Wildman–Crippen MR) is 84.5 cm³/mol. The van der Waals surface area contributed by atoms with E-state index in [4.69, 9.17) is 4.42 Å². The summed E-state index contributed by atoms with van der Waals surface area (Å²) in [4.78, 5) is 0. The molecular weight excluding hydrogens is 262 g/mol. The number of aryl methyl sites for hydroxylation is 3. The van der Waals surface area contributed by atoms with Crippen molar-refractivity contribution in [3.05, 3.63) is 46.7 Å². The molecule has 2 rings (SSSR count). The molecule has 21 heavy (non-hydrogen) atoms. The Balaban J connectivity index is 1.89. The van der Waals surface area contributed by atoms with Crippen LogP contribution in [-0.2, 0) is 12.8 Å². The van der Waals surface area contributed by atoms with Gasteiger partial charge in [0.1, 0.15) is 0 Å². The number of benzene rings is 1. The minimum absolute atomic E-state index is 0.521. The number of rotatable bonds is 7. The molecule has 1 heterocycles. The minimum atomic E-state index is 0.521. The molecule has 1 aromatic heterocycles. The predicted octanol–water partition coefficient (Wildman–Crippen LogP) is 3.21. The van der Waals surface area contributed by atoms with Crippen molar-refractivity contribution >= 4 is 0 Å². The topological polar surface area (TPSA) is 51.0 Å². The summed E-state index contributed by atoms with van der Waals surface area (Å²) in [5.41, 5.74) is 3.78. The van der Waals surface area contributed by atoms with Crippen molar-refractivity contribution in [2.24, 2.45) is 0 Å². The van der Waals surface area contributed by atoms with Crippen LogP contribution in [0.25, 0.3) is 0 Å². The highest BCUT2D eigenvalue weighted by atomic mass is 16.4. The smallest absolute Gasteiger partial charge is 0.220 e. The van der Waals surface area contributed by atoms with Gasteiger partial charge in [0.05, 0.1) is 6.42 Å². The van der Waals surface area contributed by atoms with Crippen LogP contribution in [0.3, 0.4) is 0 Å². The second-order valence-corrected chi connectivity index (χ2v) is 5.91. The maximum Gasteiger partial charge on any atom is 0.220 e. The van der Waals surface area contributed by atoms with E-state index in [1.807, 2.05) is 0 Å². The van der Waals surface area contributed by atoms with Crippen molar-refractivity contribution < 1.29 is 4.42 Å². The summed E-state index contributed by atoms with van der Waals surface area (Å²) >= 11 is 0. The summed E-state index contributed by atoms with van der Waals surface area (Å²) < 4.78 is 5.74. The summed E-state index contributed by atoms with van der Waals surface area (Å²) in [6.45, 7) is 9.49. The highest BCUT2D eigenvalue weighted by Crippen LogP contribution is 2.15. The lowest BCUT2D eigenvalue weighted by Gasteiger charge is -2.05. The fourth-order valence-electron chi connectivity index (χ4n) is 2.24. The van der Waals surface area contributed by atoms with E-state index in [9.17, 15) is 0 Å². The summed E-state index contributed by atoms with van der Waals surface area (Å²) in [5, 5.41) is 11.7. The van der Waals surface area contributed by atoms with Crippen molar-refractivity contribution in [2.75, 3.05) is 6.54 Å². The maximum absolute atomic E-state index is 5.74. The number of hydrogen-bond acceptors (Lipinski definition) is 4. The molecule has 1 N–H and O–H groups in total. The number of aromatic nitrogens is 2. The van der Waals surface area contributed by atoms with Gasteiger partial charge in [0.25, 0.3) is 0 Å². The van der Waals surface area contributed by atoms with Gasteiger partial charge >= 0.3 is 0 Å². The van der Waals surface area contributed by atoms with Crippen LogP contribution < -0.4 is 5.32 Å². The Kier molecular flexibility index (Phi) is 5.51. The van der Waals surface area contributed by atoms with Crippen molar-refractivity contribution in [1.82, 2.24) is 15.5 Å². The van der Waals surface area contributed by atoms with E-state index in [-0.39, 0.29) is 0 Å². The van der Waals surface area contributed by atoms with Crippen LogP contribution in [0.5, 0.6) is 0 Å². The molecule has 0 aliphatic carbocycles. The lowest BCUT2D eigenvalue weighted by molar-refractivity contribution is 0.446. The minimum Gasteiger partial charge on any atom is -0.425 e. The largest absolute Gasteiger partial charge is 0.425 e. The zero-order valence-corrected chi connectivity index (χ0v) is 13.4. The molecule has 4 nitrogen and oxygen atoms in total. The molecule has 2 aromatic rings. The zero-order valence-electron chi connectivity index (χ0n) is 13.4. The Labute approximate surface area is 127 Å². The normalized spacial score (nSPS) is 11.3. The standard InChI is InChI=1S/C17H25N3O/c1-12(2)18-9-5-6-16-19-20-17(21-16)11-15-10-13(3)7-8-14(15)4/h7-8,10,12,18H,5-6,9,11H2,1-4H3. The summed E-state index contributed by atoms with van der Waals surface area (Å²) in [6, 6.07) is 6.97. The second kappa shape index (κ2) is 7.36. The molecule has 0 radical (unpaired) electrons. The molecule has 0 aliphatic heterocycles. The Bertz CT molecular complexity index is 575. The van der Waals surface area contributed by atoms with Gasteiger partial charge in [0, 0.05) is 12.5 Å². The first-order valence-electron chi connectivity index (χ1n) is 7.65. The first-order chi connectivity index (χ1) is 10.0. The van der Waals surface area contributed by atoms with E-state index < -0.39 is 0 Å². The van der Waals surface area contributed by atoms with Crippen LogP contribution in [0, 0.1) is 13.8 Å². The summed E-state index contributed by atoms with van der Waals surface area (Å²) in [7, 11) is 0. The molecule has 0 unspecified atom stereocenters. The molecule has 0 saturated heterocycles. The van der Waals surface area contributed by atoms with E-state index in [0.717, 1.165) is 25.3 Å². The lowest BCUT2D eigenvalue weighted by Crippen LogP contribution is -2.23. The van der Waals surface area contributed by atoms with Gasteiger partial charge in [-0.05, 0) is 37.9 Å². The van der Waals surface area contributed by atoms with Gasteiger partial charge in [0.2, 0.25) is 11.8 Å². The van der Waals surface area contributed by atoms with Gasteiger partial charge in [-0.3, -0.25) is 0 Å². The third-order valence-corrected chi connectivity index (χ3v) is 3.48. The fourth-order valence-corrected chi connectivity index (χ4v) is 2.24. The molecule has 0 aliphatic rings. The molecular formula is C17H25N3O.